The maximum atomic E-state index is 10.3. The first-order valence-corrected chi connectivity index (χ1v) is 11.1. The van der Waals surface area contributed by atoms with Crippen LogP contribution < -0.4 is 10.6 Å². The molecule has 0 aliphatic carbocycles. The minimum atomic E-state index is -0.661. The number of hydrogen-bond acceptors (Lipinski definition) is 4. The van der Waals surface area contributed by atoms with Gasteiger partial charge in [0.2, 0.25) is 0 Å². The number of guanidine groups is 1. The van der Waals surface area contributed by atoms with Gasteiger partial charge < -0.3 is 20.5 Å². The number of rotatable bonds is 11. The zero-order valence-corrected chi connectivity index (χ0v) is 18.8. The van der Waals surface area contributed by atoms with Crippen molar-refractivity contribution in [3.63, 3.8) is 0 Å². The number of aromatic nitrogens is 2. The van der Waals surface area contributed by atoms with Crippen molar-refractivity contribution in [2.45, 2.75) is 32.5 Å². The number of benzene rings is 2. The van der Waals surface area contributed by atoms with Crippen LogP contribution in [0.25, 0.3) is 5.69 Å². The zero-order valence-electron chi connectivity index (χ0n) is 18.8. The molecule has 1 aromatic heterocycles. The Kier molecular flexibility index (Phi) is 9.28. The van der Waals surface area contributed by atoms with Gasteiger partial charge in [0.15, 0.2) is 5.96 Å². The van der Waals surface area contributed by atoms with E-state index in [0.29, 0.717) is 5.96 Å². The molecule has 0 fully saturated rings. The van der Waals surface area contributed by atoms with Crippen LogP contribution in [0, 0.1) is 0 Å². The number of aliphatic hydroxyl groups is 1. The molecule has 32 heavy (non-hydrogen) atoms. The normalized spacial score (nSPS) is 13.5. The summed E-state index contributed by atoms with van der Waals surface area (Å²) in [5, 5.41) is 21.1. The molecule has 0 spiro atoms. The second-order valence-electron chi connectivity index (χ2n) is 7.55. The summed E-state index contributed by atoms with van der Waals surface area (Å²) < 4.78 is 7.63. The Hall–Kier alpha value is -3.16. The number of aliphatic hydroxyl groups excluding tert-OH is 1. The number of ether oxygens (including phenoxy) is 1. The van der Waals surface area contributed by atoms with Crippen molar-refractivity contribution in [2.75, 3.05) is 26.2 Å². The Morgan fingerprint density at radius 2 is 1.88 bits per heavy atom. The van der Waals surface area contributed by atoms with Crippen LogP contribution in [-0.2, 0) is 11.2 Å². The number of aliphatic imine (C=N–C) groups is 1. The molecule has 0 amide bonds. The molecule has 3 rings (SSSR count). The Bertz CT molecular complexity index is 927. The molecule has 7 nitrogen and oxygen atoms in total. The van der Waals surface area contributed by atoms with Crippen LogP contribution in [0.4, 0.5) is 0 Å². The summed E-state index contributed by atoms with van der Waals surface area (Å²) in [4.78, 5) is 4.50. The summed E-state index contributed by atoms with van der Waals surface area (Å²) in [6.45, 7) is 6.01. The van der Waals surface area contributed by atoms with Gasteiger partial charge in [0.05, 0.1) is 31.0 Å². The van der Waals surface area contributed by atoms with Crippen LogP contribution in [0.15, 0.2) is 78.0 Å². The highest BCUT2D eigenvalue weighted by molar-refractivity contribution is 5.79. The molecular formula is C25H33N5O2. The van der Waals surface area contributed by atoms with Gasteiger partial charge in [-0.1, -0.05) is 42.5 Å². The minimum Gasteiger partial charge on any atom is -0.389 e. The average molecular weight is 436 g/mol. The molecule has 0 saturated heterocycles. The Morgan fingerprint density at radius 3 is 2.56 bits per heavy atom. The second-order valence-corrected chi connectivity index (χ2v) is 7.55. The van der Waals surface area contributed by atoms with Gasteiger partial charge in [0.1, 0.15) is 0 Å². The topological polar surface area (TPSA) is 83.7 Å². The second kappa shape index (κ2) is 12.6. The van der Waals surface area contributed by atoms with Gasteiger partial charge in [-0.25, -0.2) is 4.68 Å². The smallest absolute Gasteiger partial charge is 0.191 e. The highest BCUT2D eigenvalue weighted by Gasteiger charge is 2.10. The molecule has 2 unspecified atom stereocenters. The molecular weight excluding hydrogens is 402 g/mol. The van der Waals surface area contributed by atoms with E-state index in [9.17, 15) is 5.11 Å². The third-order valence-corrected chi connectivity index (χ3v) is 5.02. The van der Waals surface area contributed by atoms with E-state index in [0.717, 1.165) is 30.8 Å². The van der Waals surface area contributed by atoms with Crippen molar-refractivity contribution in [3.8, 4) is 5.69 Å². The van der Waals surface area contributed by atoms with Gasteiger partial charge in [-0.15, -0.1) is 0 Å². The molecule has 7 heteroatoms. The maximum Gasteiger partial charge on any atom is 0.191 e. The van der Waals surface area contributed by atoms with Crippen molar-refractivity contribution in [2.24, 2.45) is 4.99 Å². The van der Waals surface area contributed by atoms with Gasteiger partial charge in [0, 0.05) is 25.5 Å². The number of nitrogens with one attached hydrogen (secondary N) is 2. The molecule has 0 saturated carbocycles. The predicted octanol–water partition coefficient (Wildman–Crippen LogP) is 3.11. The standard InChI is InChI=1S/C25H33N5O2/c1-3-26-25(28-18-24(31)19-32-20(2)22-8-5-4-6-9-22)27-16-14-21-10-12-23(13-11-21)30-17-7-15-29-30/h4-13,15,17,20,24,31H,3,14,16,18-19H2,1-2H3,(H2,26,27,28). The van der Waals surface area contributed by atoms with E-state index >= 15 is 0 Å². The van der Waals surface area contributed by atoms with Crippen LogP contribution in [0.3, 0.4) is 0 Å². The fourth-order valence-electron chi connectivity index (χ4n) is 3.23. The van der Waals surface area contributed by atoms with E-state index in [4.69, 9.17) is 4.74 Å². The van der Waals surface area contributed by atoms with Gasteiger partial charge in [-0.05, 0) is 49.6 Å². The molecule has 170 valence electrons. The van der Waals surface area contributed by atoms with Gasteiger partial charge >= 0.3 is 0 Å². The zero-order chi connectivity index (χ0) is 22.6. The van der Waals surface area contributed by atoms with Crippen molar-refractivity contribution in [1.29, 1.82) is 0 Å². The first kappa shape index (κ1) is 23.5. The van der Waals surface area contributed by atoms with Crippen LogP contribution in [0.5, 0.6) is 0 Å². The van der Waals surface area contributed by atoms with Crippen molar-refractivity contribution < 1.29 is 9.84 Å². The van der Waals surface area contributed by atoms with E-state index in [1.807, 2.05) is 61.1 Å². The lowest BCUT2D eigenvalue weighted by atomic mass is 10.1. The van der Waals surface area contributed by atoms with Crippen molar-refractivity contribution in [3.05, 3.63) is 84.2 Å². The van der Waals surface area contributed by atoms with Gasteiger partial charge in [0.25, 0.3) is 0 Å². The summed E-state index contributed by atoms with van der Waals surface area (Å²) in [5.74, 6) is 0.691. The fourth-order valence-corrected chi connectivity index (χ4v) is 3.23. The quantitative estimate of drug-likeness (QED) is 0.318. The average Bonchev–Trinajstić information content (AvgIpc) is 3.37. The Balaban J connectivity index is 1.42. The van der Waals surface area contributed by atoms with Crippen LogP contribution >= 0.6 is 0 Å². The van der Waals surface area contributed by atoms with Gasteiger partial charge in [-0.2, -0.15) is 5.10 Å². The van der Waals surface area contributed by atoms with E-state index in [2.05, 4.69) is 45.0 Å². The van der Waals surface area contributed by atoms with Crippen molar-refractivity contribution >= 4 is 5.96 Å². The van der Waals surface area contributed by atoms with Gasteiger partial charge in [-0.3, -0.25) is 4.99 Å². The van der Waals surface area contributed by atoms with E-state index in [1.165, 1.54) is 5.56 Å². The molecule has 2 atom stereocenters. The molecule has 3 aromatic rings. The van der Waals surface area contributed by atoms with E-state index in [1.54, 1.807) is 6.20 Å². The highest BCUT2D eigenvalue weighted by atomic mass is 16.5. The third kappa shape index (κ3) is 7.51. The summed E-state index contributed by atoms with van der Waals surface area (Å²) in [6, 6.07) is 20.2. The number of hydrogen-bond donors (Lipinski definition) is 3. The van der Waals surface area contributed by atoms with Crippen LogP contribution in [-0.4, -0.2) is 53.2 Å². The molecule has 0 aliphatic heterocycles. The fraction of sp³-hybridized carbons (Fsp3) is 0.360. The Morgan fingerprint density at radius 1 is 1.09 bits per heavy atom. The van der Waals surface area contributed by atoms with Crippen LogP contribution in [0.1, 0.15) is 31.1 Å². The Labute approximate surface area is 190 Å². The minimum absolute atomic E-state index is 0.0686. The number of nitrogens with zero attached hydrogens (tertiary/aromatic N) is 3. The lowest BCUT2D eigenvalue weighted by Crippen LogP contribution is -2.39. The molecule has 0 aliphatic rings. The monoisotopic (exact) mass is 435 g/mol. The molecule has 3 N–H and O–H groups in total. The highest BCUT2D eigenvalue weighted by Crippen LogP contribution is 2.16. The third-order valence-electron chi connectivity index (χ3n) is 5.02. The SMILES string of the molecule is CCNC(=NCC(O)COC(C)c1ccccc1)NCCc1ccc(-n2cccn2)cc1. The molecule has 0 radical (unpaired) electrons. The molecule has 0 bridgehead atoms. The first-order chi connectivity index (χ1) is 15.7. The summed E-state index contributed by atoms with van der Waals surface area (Å²) in [7, 11) is 0. The summed E-state index contributed by atoms with van der Waals surface area (Å²) in [6.07, 6.45) is 3.83. The lowest BCUT2D eigenvalue weighted by Gasteiger charge is -2.17. The van der Waals surface area contributed by atoms with E-state index < -0.39 is 6.10 Å². The maximum absolute atomic E-state index is 10.3. The summed E-state index contributed by atoms with van der Waals surface area (Å²) in [5.41, 5.74) is 3.36. The molecule has 2 aromatic carbocycles. The summed E-state index contributed by atoms with van der Waals surface area (Å²) >= 11 is 0. The van der Waals surface area contributed by atoms with Crippen molar-refractivity contribution in [1.82, 2.24) is 20.4 Å². The first-order valence-electron chi connectivity index (χ1n) is 11.1. The predicted molar refractivity (Wildman–Crippen MR) is 128 cm³/mol. The van der Waals surface area contributed by atoms with Crippen LogP contribution in [0.2, 0.25) is 0 Å². The largest absolute Gasteiger partial charge is 0.389 e. The van der Waals surface area contributed by atoms with E-state index in [-0.39, 0.29) is 19.3 Å². The lowest BCUT2D eigenvalue weighted by molar-refractivity contribution is 0.00112. The molecule has 1 heterocycles.